The van der Waals surface area contributed by atoms with Gasteiger partial charge in [-0.3, -0.25) is 0 Å². The van der Waals surface area contributed by atoms with Gasteiger partial charge in [-0.15, -0.1) is 0 Å². The number of benzene rings is 1. The summed E-state index contributed by atoms with van der Waals surface area (Å²) in [6, 6.07) is 8.92. The molecule has 3 rings (SSSR count). The lowest BCUT2D eigenvalue weighted by molar-refractivity contribution is 0.486. The van der Waals surface area contributed by atoms with Gasteiger partial charge in [-0.2, -0.15) is 5.26 Å². The number of hydrogen-bond acceptors (Lipinski definition) is 4. The topological polar surface area (TPSA) is 70.9 Å². The van der Waals surface area contributed by atoms with Crippen LogP contribution in [-0.2, 0) is 6.54 Å². The summed E-state index contributed by atoms with van der Waals surface area (Å²) in [4.78, 5) is 6.48. The average molecular weight is 295 g/mol. The van der Waals surface area contributed by atoms with Crippen molar-refractivity contribution in [3.05, 3.63) is 41.7 Å². The number of aryl methyl sites for hydroxylation is 1. The zero-order valence-electron chi connectivity index (χ0n) is 12.9. The molecule has 0 atom stereocenters. The van der Waals surface area contributed by atoms with E-state index >= 15 is 0 Å². The van der Waals surface area contributed by atoms with Crippen molar-refractivity contribution in [1.29, 1.82) is 5.26 Å². The Kier molecular flexibility index (Phi) is 4.01. The number of piperidine rings is 1. The Balaban J connectivity index is 1.85. The minimum atomic E-state index is 0.203. The fraction of sp³-hybridized carbons (Fsp3) is 0.412. The van der Waals surface area contributed by atoms with Gasteiger partial charge in [-0.25, -0.2) is 4.98 Å². The maximum atomic E-state index is 9.06. The van der Waals surface area contributed by atoms with Crippen LogP contribution >= 0.6 is 0 Å². The van der Waals surface area contributed by atoms with Crippen LogP contribution in [0.15, 0.2) is 30.6 Å². The first-order valence-electron chi connectivity index (χ1n) is 7.68. The van der Waals surface area contributed by atoms with Crippen molar-refractivity contribution < 1.29 is 0 Å². The highest BCUT2D eigenvalue weighted by atomic mass is 15.2. The fourth-order valence-electron chi connectivity index (χ4n) is 3.01. The van der Waals surface area contributed by atoms with Gasteiger partial charge in [0.2, 0.25) is 0 Å². The van der Waals surface area contributed by atoms with Crippen LogP contribution in [0.2, 0.25) is 0 Å². The number of hydrogen-bond donors (Lipinski definition) is 1. The molecule has 5 heteroatoms. The first kappa shape index (κ1) is 14.5. The van der Waals surface area contributed by atoms with Gasteiger partial charge in [0.15, 0.2) is 5.95 Å². The molecule has 2 N–H and O–H groups in total. The van der Waals surface area contributed by atoms with Crippen LogP contribution in [0.3, 0.4) is 0 Å². The normalized spacial score (nSPS) is 15.7. The van der Waals surface area contributed by atoms with Crippen LogP contribution in [-0.4, -0.2) is 22.6 Å². The molecule has 1 aliphatic rings. The van der Waals surface area contributed by atoms with Crippen molar-refractivity contribution >= 4 is 11.6 Å². The minimum Gasteiger partial charge on any atom is -0.371 e. The summed E-state index contributed by atoms with van der Waals surface area (Å²) >= 11 is 0. The van der Waals surface area contributed by atoms with Gasteiger partial charge < -0.3 is 15.2 Å². The van der Waals surface area contributed by atoms with Crippen LogP contribution < -0.4 is 10.6 Å². The second-order valence-electron chi connectivity index (χ2n) is 5.94. The molecule has 1 aromatic carbocycles. The predicted octanol–water partition coefficient (Wildman–Crippen LogP) is 2.56. The highest BCUT2D eigenvalue weighted by Crippen LogP contribution is 2.28. The second kappa shape index (κ2) is 6.10. The Hall–Kier alpha value is -2.48. The van der Waals surface area contributed by atoms with Gasteiger partial charge in [0, 0.05) is 37.1 Å². The number of anilines is 2. The summed E-state index contributed by atoms with van der Waals surface area (Å²) in [6.45, 7) is 4.71. The molecule has 0 spiro atoms. The number of nitrogen functional groups attached to an aromatic ring is 1. The van der Waals surface area contributed by atoms with Crippen LogP contribution in [0.5, 0.6) is 0 Å². The highest BCUT2D eigenvalue weighted by Gasteiger charge is 2.21. The molecule has 0 radical (unpaired) electrons. The lowest BCUT2D eigenvalue weighted by Gasteiger charge is -2.33. The summed E-state index contributed by atoms with van der Waals surface area (Å²) in [6.07, 6.45) is 5.51. The zero-order valence-corrected chi connectivity index (χ0v) is 12.9. The first-order chi connectivity index (χ1) is 10.7. The van der Waals surface area contributed by atoms with Crippen molar-refractivity contribution in [3.8, 4) is 6.07 Å². The van der Waals surface area contributed by atoms with Crippen LogP contribution in [0, 0.1) is 24.2 Å². The Morgan fingerprint density at radius 3 is 2.77 bits per heavy atom. The molecule has 1 fully saturated rings. The van der Waals surface area contributed by atoms with E-state index in [4.69, 9.17) is 11.0 Å². The molecule has 0 bridgehead atoms. The summed E-state index contributed by atoms with van der Waals surface area (Å²) in [5.41, 5.74) is 9.63. The van der Waals surface area contributed by atoms with E-state index in [0.717, 1.165) is 32.5 Å². The monoisotopic (exact) mass is 295 g/mol. The molecule has 0 amide bonds. The van der Waals surface area contributed by atoms with Crippen molar-refractivity contribution in [3.63, 3.8) is 0 Å². The highest BCUT2D eigenvalue weighted by molar-refractivity contribution is 5.56. The Morgan fingerprint density at radius 1 is 1.36 bits per heavy atom. The third-order valence-corrected chi connectivity index (χ3v) is 4.35. The molecule has 0 aliphatic carbocycles. The SMILES string of the molecule is Cc1ccc(Cn2ccnc2N)c(N2CCC(C#N)CC2)c1. The lowest BCUT2D eigenvalue weighted by atomic mass is 9.97. The van der Waals surface area contributed by atoms with Crippen molar-refractivity contribution in [2.75, 3.05) is 23.7 Å². The molecule has 22 heavy (non-hydrogen) atoms. The van der Waals surface area contributed by atoms with E-state index in [1.54, 1.807) is 6.20 Å². The maximum Gasteiger partial charge on any atom is 0.200 e. The van der Waals surface area contributed by atoms with Gasteiger partial charge >= 0.3 is 0 Å². The van der Waals surface area contributed by atoms with Gasteiger partial charge in [0.25, 0.3) is 0 Å². The lowest BCUT2D eigenvalue weighted by Crippen LogP contribution is -2.34. The van der Waals surface area contributed by atoms with Crippen LogP contribution in [0.25, 0.3) is 0 Å². The zero-order chi connectivity index (χ0) is 15.5. The summed E-state index contributed by atoms with van der Waals surface area (Å²) in [7, 11) is 0. The Morgan fingerprint density at radius 2 is 2.14 bits per heavy atom. The molecule has 1 aromatic heterocycles. The first-order valence-corrected chi connectivity index (χ1v) is 7.68. The number of aromatic nitrogens is 2. The van der Waals surface area contributed by atoms with E-state index in [2.05, 4.69) is 41.1 Å². The average Bonchev–Trinajstić information content (AvgIpc) is 2.94. The molecule has 2 heterocycles. The van der Waals surface area contributed by atoms with E-state index < -0.39 is 0 Å². The third-order valence-electron chi connectivity index (χ3n) is 4.35. The molecule has 0 saturated carbocycles. The van der Waals surface area contributed by atoms with Gasteiger partial charge in [0.1, 0.15) is 0 Å². The number of imidazole rings is 1. The molecule has 0 unspecified atom stereocenters. The maximum absolute atomic E-state index is 9.06. The molecule has 5 nitrogen and oxygen atoms in total. The Labute approximate surface area is 131 Å². The van der Waals surface area contributed by atoms with Crippen LogP contribution in [0.4, 0.5) is 11.6 Å². The molecule has 2 aromatic rings. The number of nitrogens with two attached hydrogens (primary N) is 1. The summed E-state index contributed by atoms with van der Waals surface area (Å²) in [5, 5.41) is 9.06. The molecule has 1 saturated heterocycles. The van der Waals surface area contributed by atoms with E-state index in [0.29, 0.717) is 5.95 Å². The molecular weight excluding hydrogens is 274 g/mol. The number of rotatable bonds is 3. The summed E-state index contributed by atoms with van der Waals surface area (Å²) < 4.78 is 1.95. The van der Waals surface area contributed by atoms with E-state index in [1.165, 1.54) is 16.8 Å². The largest absolute Gasteiger partial charge is 0.371 e. The molecular formula is C17H21N5. The quantitative estimate of drug-likeness (QED) is 0.944. The van der Waals surface area contributed by atoms with Crippen molar-refractivity contribution in [2.45, 2.75) is 26.3 Å². The fourth-order valence-corrected chi connectivity index (χ4v) is 3.01. The smallest absolute Gasteiger partial charge is 0.200 e. The second-order valence-corrected chi connectivity index (χ2v) is 5.94. The van der Waals surface area contributed by atoms with Crippen molar-refractivity contribution in [1.82, 2.24) is 9.55 Å². The number of nitriles is 1. The van der Waals surface area contributed by atoms with Crippen molar-refractivity contribution in [2.24, 2.45) is 5.92 Å². The van der Waals surface area contributed by atoms with Gasteiger partial charge in [-0.05, 0) is 37.0 Å². The third kappa shape index (κ3) is 2.91. The van der Waals surface area contributed by atoms with E-state index in [9.17, 15) is 0 Å². The van der Waals surface area contributed by atoms with Crippen LogP contribution in [0.1, 0.15) is 24.0 Å². The molecule has 1 aliphatic heterocycles. The van der Waals surface area contributed by atoms with Gasteiger partial charge in [-0.1, -0.05) is 12.1 Å². The Bertz CT molecular complexity index is 689. The standard InChI is InChI=1S/C17H21N5/c1-13-2-3-15(12-22-9-6-20-17(22)19)16(10-13)21-7-4-14(11-18)5-8-21/h2-3,6,9-10,14H,4-5,7-8,12H2,1H3,(H2,19,20). The predicted molar refractivity (Wildman–Crippen MR) is 87.5 cm³/mol. The number of nitrogens with zero attached hydrogens (tertiary/aromatic N) is 4. The minimum absolute atomic E-state index is 0.203. The van der Waals surface area contributed by atoms with E-state index in [-0.39, 0.29) is 5.92 Å². The molecule has 114 valence electrons. The van der Waals surface area contributed by atoms with E-state index in [1.807, 2.05) is 10.8 Å². The summed E-state index contributed by atoms with van der Waals surface area (Å²) in [5.74, 6) is 0.739. The van der Waals surface area contributed by atoms with Gasteiger partial charge in [0.05, 0.1) is 12.6 Å².